The quantitative estimate of drug-likeness (QED) is 0.197. The van der Waals surface area contributed by atoms with E-state index in [9.17, 15) is 24.0 Å². The van der Waals surface area contributed by atoms with Gasteiger partial charge in [0.15, 0.2) is 0 Å². The lowest BCUT2D eigenvalue weighted by Crippen LogP contribution is -2.52. The van der Waals surface area contributed by atoms with Crippen LogP contribution in [0.3, 0.4) is 0 Å². The Bertz CT molecular complexity index is 1660. The van der Waals surface area contributed by atoms with Crippen LogP contribution < -0.4 is 4.74 Å². The van der Waals surface area contributed by atoms with E-state index in [1.165, 1.54) is 31.4 Å². The van der Waals surface area contributed by atoms with E-state index in [1.807, 2.05) is 30.3 Å². The lowest BCUT2D eigenvalue weighted by Gasteiger charge is -2.33. The fourth-order valence-electron chi connectivity index (χ4n) is 5.12. The van der Waals surface area contributed by atoms with Crippen LogP contribution in [0.2, 0.25) is 0 Å². The first-order chi connectivity index (χ1) is 19.4. The maximum Gasteiger partial charge on any atom is 0.346 e. The van der Waals surface area contributed by atoms with Crippen LogP contribution in [0.25, 0.3) is 10.8 Å². The van der Waals surface area contributed by atoms with Crippen molar-refractivity contribution in [3.05, 3.63) is 112 Å². The molecule has 40 heavy (non-hydrogen) atoms. The Kier molecular flexibility index (Phi) is 6.11. The van der Waals surface area contributed by atoms with Crippen LogP contribution >= 0.6 is 0 Å². The van der Waals surface area contributed by atoms with E-state index in [-0.39, 0.29) is 39.4 Å². The van der Waals surface area contributed by atoms with E-state index in [0.717, 1.165) is 10.5 Å². The van der Waals surface area contributed by atoms with Gasteiger partial charge in [0.25, 0.3) is 11.8 Å². The van der Waals surface area contributed by atoms with Crippen molar-refractivity contribution in [3.63, 3.8) is 0 Å². The molecule has 0 fully saturated rings. The maximum atomic E-state index is 13.7. The van der Waals surface area contributed by atoms with Crippen LogP contribution in [0.15, 0.2) is 78.9 Å². The van der Waals surface area contributed by atoms with Gasteiger partial charge in [0.05, 0.1) is 18.2 Å². The summed E-state index contributed by atoms with van der Waals surface area (Å²) in [4.78, 5) is 65.9. The van der Waals surface area contributed by atoms with Gasteiger partial charge in [-0.05, 0) is 47.5 Å². The summed E-state index contributed by atoms with van der Waals surface area (Å²) in [6.07, 6.45) is 0.00255. The standard InChI is InChI=1S/C31H21NO8/c1-38-31(37)24(15-17-7-9-19(10-8-17)39-16-18-5-3-2-4-6-18)32-27(33)20-11-13-22-26-23(30(36)40-29(22)35)14-12-21(25(20)26)28(32)34/h2-14,24H,15-16H2,1H3/t24-/m0/s1. The number of carbonyl (C=O) groups excluding carboxylic acids is 5. The van der Waals surface area contributed by atoms with E-state index in [4.69, 9.17) is 14.2 Å². The number of ether oxygens (including phenoxy) is 3. The molecule has 2 amide bonds. The fourth-order valence-corrected chi connectivity index (χ4v) is 5.12. The van der Waals surface area contributed by atoms with Crippen LogP contribution in [-0.4, -0.2) is 47.8 Å². The number of hydrogen-bond donors (Lipinski definition) is 0. The molecule has 0 unspecified atom stereocenters. The predicted molar refractivity (Wildman–Crippen MR) is 141 cm³/mol. The molecule has 4 aromatic rings. The highest BCUT2D eigenvalue weighted by Gasteiger charge is 2.43. The van der Waals surface area contributed by atoms with Crippen molar-refractivity contribution >= 4 is 40.5 Å². The molecule has 198 valence electrons. The van der Waals surface area contributed by atoms with E-state index < -0.39 is 35.8 Å². The lowest BCUT2D eigenvalue weighted by molar-refractivity contribution is -0.145. The second kappa shape index (κ2) is 9.77. The number of carbonyl (C=O) groups is 5. The van der Waals surface area contributed by atoms with Gasteiger partial charge >= 0.3 is 17.9 Å². The normalized spacial score (nSPS) is 14.7. The van der Waals surface area contributed by atoms with Gasteiger partial charge in [0.2, 0.25) is 0 Å². The number of benzene rings is 4. The summed E-state index contributed by atoms with van der Waals surface area (Å²) in [6, 6.07) is 21.0. The van der Waals surface area contributed by atoms with Gasteiger partial charge in [-0.25, -0.2) is 14.4 Å². The van der Waals surface area contributed by atoms with Crippen molar-refractivity contribution in [2.75, 3.05) is 7.11 Å². The summed E-state index contributed by atoms with van der Waals surface area (Å²) in [6.45, 7) is 0.388. The molecule has 0 radical (unpaired) electrons. The third-order valence-electron chi connectivity index (χ3n) is 7.07. The van der Waals surface area contributed by atoms with Crippen LogP contribution in [-0.2, 0) is 27.3 Å². The molecule has 9 heteroatoms. The van der Waals surface area contributed by atoms with Crippen LogP contribution in [0, 0.1) is 0 Å². The summed E-state index contributed by atoms with van der Waals surface area (Å²) in [5.41, 5.74) is 2.05. The molecule has 9 nitrogen and oxygen atoms in total. The average Bonchev–Trinajstić information content (AvgIpc) is 2.98. The first kappa shape index (κ1) is 25.0. The molecular weight excluding hydrogens is 514 g/mol. The smallest absolute Gasteiger partial charge is 0.346 e. The van der Waals surface area contributed by atoms with Gasteiger partial charge < -0.3 is 14.2 Å². The highest BCUT2D eigenvalue weighted by molar-refractivity contribution is 6.32. The van der Waals surface area contributed by atoms with Crippen molar-refractivity contribution in [3.8, 4) is 5.75 Å². The molecule has 0 aromatic heterocycles. The van der Waals surface area contributed by atoms with Gasteiger partial charge in [0.1, 0.15) is 18.4 Å². The lowest BCUT2D eigenvalue weighted by atomic mass is 9.86. The van der Waals surface area contributed by atoms with Crippen molar-refractivity contribution < 1.29 is 38.2 Å². The minimum Gasteiger partial charge on any atom is -0.489 e. The number of esters is 3. The summed E-state index contributed by atoms with van der Waals surface area (Å²) < 4.78 is 15.6. The summed E-state index contributed by atoms with van der Waals surface area (Å²) in [5.74, 6) is -3.32. The molecule has 2 aliphatic rings. The maximum absolute atomic E-state index is 13.7. The Hall–Kier alpha value is -5.31. The van der Waals surface area contributed by atoms with Gasteiger partial charge in [0, 0.05) is 28.3 Å². The third-order valence-corrected chi connectivity index (χ3v) is 7.07. The highest BCUT2D eigenvalue weighted by atomic mass is 16.6. The molecule has 0 bridgehead atoms. The van der Waals surface area contributed by atoms with Gasteiger partial charge in [-0.3, -0.25) is 14.5 Å². The minimum absolute atomic E-state index is 0.00255. The van der Waals surface area contributed by atoms with Gasteiger partial charge in [-0.1, -0.05) is 42.5 Å². The Morgan fingerprint density at radius 3 is 1.85 bits per heavy atom. The SMILES string of the molecule is COC(=O)[C@H](Cc1ccc(OCc2ccccc2)cc1)N1C(=O)c2ccc3c4c(ccc(c24)C1=O)C(=O)OC3=O. The monoisotopic (exact) mass is 535 g/mol. The first-order valence-corrected chi connectivity index (χ1v) is 12.4. The first-order valence-electron chi connectivity index (χ1n) is 12.4. The van der Waals surface area contributed by atoms with Crippen molar-refractivity contribution in [1.82, 2.24) is 4.90 Å². The van der Waals surface area contributed by atoms with Crippen molar-refractivity contribution in [2.24, 2.45) is 0 Å². The average molecular weight is 536 g/mol. The summed E-state index contributed by atoms with van der Waals surface area (Å²) in [5, 5.41) is 0.382. The molecular formula is C31H21NO8. The second-order valence-electron chi connectivity index (χ2n) is 9.39. The number of imide groups is 1. The fraction of sp³-hybridized carbons (Fsp3) is 0.129. The van der Waals surface area contributed by atoms with E-state index in [2.05, 4.69) is 0 Å². The van der Waals surface area contributed by atoms with Crippen LogP contribution in [0.4, 0.5) is 0 Å². The van der Waals surface area contributed by atoms with Gasteiger partial charge in [-0.15, -0.1) is 0 Å². The predicted octanol–water partition coefficient (Wildman–Crippen LogP) is 4.11. The highest BCUT2D eigenvalue weighted by Crippen LogP contribution is 2.38. The number of rotatable bonds is 7. The molecule has 0 aliphatic carbocycles. The molecule has 1 atom stereocenters. The van der Waals surface area contributed by atoms with Gasteiger partial charge in [-0.2, -0.15) is 0 Å². The topological polar surface area (TPSA) is 116 Å². The second-order valence-corrected chi connectivity index (χ2v) is 9.39. The minimum atomic E-state index is -1.26. The molecule has 0 spiro atoms. The molecule has 2 aliphatic heterocycles. The molecule has 0 saturated carbocycles. The number of hydrogen-bond acceptors (Lipinski definition) is 8. The van der Waals surface area contributed by atoms with E-state index >= 15 is 0 Å². The molecule has 0 saturated heterocycles. The largest absolute Gasteiger partial charge is 0.489 e. The summed E-state index contributed by atoms with van der Waals surface area (Å²) >= 11 is 0. The Morgan fingerprint density at radius 1 is 0.725 bits per heavy atom. The van der Waals surface area contributed by atoms with E-state index in [0.29, 0.717) is 17.9 Å². The summed E-state index contributed by atoms with van der Waals surface area (Å²) in [7, 11) is 1.19. The Balaban J connectivity index is 1.31. The zero-order valence-electron chi connectivity index (χ0n) is 21.2. The third kappa shape index (κ3) is 4.08. The number of methoxy groups -OCH3 is 1. The van der Waals surface area contributed by atoms with Crippen LogP contribution in [0.5, 0.6) is 5.75 Å². The Labute approximate surface area is 227 Å². The number of amides is 2. The van der Waals surface area contributed by atoms with E-state index in [1.54, 1.807) is 24.3 Å². The molecule has 4 aromatic carbocycles. The zero-order chi connectivity index (χ0) is 28.0. The molecule has 0 N–H and O–H groups in total. The zero-order valence-corrected chi connectivity index (χ0v) is 21.2. The number of cyclic esters (lactones) is 2. The van der Waals surface area contributed by atoms with Crippen molar-refractivity contribution in [2.45, 2.75) is 19.1 Å². The molecule has 2 heterocycles. The molecule has 6 rings (SSSR count). The Morgan fingerprint density at radius 2 is 1.27 bits per heavy atom. The number of nitrogens with zero attached hydrogens (tertiary/aromatic N) is 1. The van der Waals surface area contributed by atoms with Crippen LogP contribution in [0.1, 0.15) is 52.6 Å². The van der Waals surface area contributed by atoms with Crippen molar-refractivity contribution in [1.29, 1.82) is 0 Å².